The van der Waals surface area contributed by atoms with Gasteiger partial charge in [0.05, 0.1) is 19.4 Å². The molecule has 1 aliphatic rings. The van der Waals surface area contributed by atoms with Gasteiger partial charge in [-0.1, -0.05) is 42.5 Å². The highest BCUT2D eigenvalue weighted by atomic mass is 16.5. The van der Waals surface area contributed by atoms with Gasteiger partial charge in [0.15, 0.2) is 0 Å². The monoisotopic (exact) mass is 354 g/mol. The molecule has 0 radical (unpaired) electrons. The molecule has 1 aromatic carbocycles. The number of hydrogen-bond donors (Lipinski definition) is 0. The Bertz CT molecular complexity index is 716. The lowest BCUT2D eigenvalue weighted by molar-refractivity contribution is 0.0520. The van der Waals surface area contributed by atoms with Crippen LogP contribution in [0.25, 0.3) is 6.08 Å². The SMILES string of the molecule is CCOC(=O)c1ccoc1CN1CCN(CC=Cc2ccccc2)CC1. The Balaban J connectivity index is 1.45. The van der Waals surface area contributed by atoms with Gasteiger partial charge in [0.2, 0.25) is 0 Å². The zero-order valence-electron chi connectivity index (χ0n) is 15.3. The zero-order chi connectivity index (χ0) is 18.2. The summed E-state index contributed by atoms with van der Waals surface area (Å²) in [4.78, 5) is 16.7. The van der Waals surface area contributed by atoms with E-state index in [-0.39, 0.29) is 5.97 Å². The molecule has 138 valence electrons. The number of carbonyl (C=O) groups is 1. The highest BCUT2D eigenvalue weighted by Crippen LogP contribution is 2.16. The summed E-state index contributed by atoms with van der Waals surface area (Å²) in [7, 11) is 0. The predicted molar refractivity (Wildman–Crippen MR) is 102 cm³/mol. The molecule has 0 amide bonds. The van der Waals surface area contributed by atoms with Crippen molar-refractivity contribution >= 4 is 12.0 Å². The van der Waals surface area contributed by atoms with E-state index in [1.165, 1.54) is 5.56 Å². The number of esters is 1. The number of benzene rings is 1. The van der Waals surface area contributed by atoms with Crippen LogP contribution in [0.4, 0.5) is 0 Å². The number of hydrogen-bond acceptors (Lipinski definition) is 5. The van der Waals surface area contributed by atoms with Crippen molar-refractivity contribution in [1.82, 2.24) is 9.80 Å². The van der Waals surface area contributed by atoms with Gasteiger partial charge in [-0.05, 0) is 18.6 Å². The maximum atomic E-state index is 11.9. The minimum atomic E-state index is -0.305. The van der Waals surface area contributed by atoms with E-state index in [1.807, 2.05) is 13.0 Å². The van der Waals surface area contributed by atoms with Crippen molar-refractivity contribution in [2.75, 3.05) is 39.3 Å². The van der Waals surface area contributed by atoms with E-state index in [0.717, 1.165) is 32.7 Å². The standard InChI is InChI=1S/C21H26N2O3/c1-2-25-21(24)19-10-16-26-20(19)17-23-14-12-22(13-15-23)11-6-9-18-7-4-3-5-8-18/h3-10,16H,2,11-15,17H2,1H3. The van der Waals surface area contributed by atoms with Gasteiger partial charge in [-0.2, -0.15) is 0 Å². The number of carbonyl (C=O) groups excluding carboxylic acids is 1. The Morgan fingerprint density at radius 2 is 1.85 bits per heavy atom. The number of rotatable bonds is 7. The second kappa shape index (κ2) is 9.36. The molecule has 0 bridgehead atoms. The van der Waals surface area contributed by atoms with Gasteiger partial charge in [-0.25, -0.2) is 4.79 Å². The van der Waals surface area contributed by atoms with Crippen molar-refractivity contribution in [2.24, 2.45) is 0 Å². The first-order chi connectivity index (χ1) is 12.8. The molecule has 2 heterocycles. The fraction of sp³-hybridized carbons (Fsp3) is 0.381. The third-order valence-corrected chi connectivity index (χ3v) is 4.55. The molecule has 1 aromatic heterocycles. The molecule has 1 aliphatic heterocycles. The molecule has 0 saturated carbocycles. The van der Waals surface area contributed by atoms with Crippen LogP contribution in [-0.2, 0) is 11.3 Å². The van der Waals surface area contributed by atoms with Crippen LogP contribution in [0.5, 0.6) is 0 Å². The zero-order valence-corrected chi connectivity index (χ0v) is 15.3. The maximum absolute atomic E-state index is 11.9. The number of furan rings is 1. The fourth-order valence-corrected chi connectivity index (χ4v) is 3.09. The topological polar surface area (TPSA) is 45.9 Å². The summed E-state index contributed by atoms with van der Waals surface area (Å²) in [6.45, 7) is 7.72. The van der Waals surface area contributed by atoms with Gasteiger partial charge >= 0.3 is 5.97 Å². The summed E-state index contributed by atoms with van der Waals surface area (Å²) in [6, 6.07) is 12.0. The fourth-order valence-electron chi connectivity index (χ4n) is 3.09. The Morgan fingerprint density at radius 1 is 1.12 bits per heavy atom. The van der Waals surface area contributed by atoms with Crippen LogP contribution in [-0.4, -0.2) is 55.1 Å². The first-order valence-corrected chi connectivity index (χ1v) is 9.16. The molecule has 0 spiro atoms. The van der Waals surface area contributed by atoms with Crippen molar-refractivity contribution in [1.29, 1.82) is 0 Å². The van der Waals surface area contributed by atoms with Crippen LogP contribution in [0.15, 0.2) is 53.2 Å². The van der Waals surface area contributed by atoms with Crippen LogP contribution in [0.2, 0.25) is 0 Å². The summed E-state index contributed by atoms with van der Waals surface area (Å²) in [5.74, 6) is 0.391. The van der Waals surface area contributed by atoms with Crippen molar-refractivity contribution in [3.8, 4) is 0 Å². The molecule has 1 fully saturated rings. The molecule has 0 N–H and O–H groups in total. The summed E-state index contributed by atoms with van der Waals surface area (Å²) >= 11 is 0. The summed E-state index contributed by atoms with van der Waals surface area (Å²) in [6.07, 6.45) is 5.95. The second-order valence-electron chi connectivity index (χ2n) is 6.37. The van der Waals surface area contributed by atoms with E-state index in [1.54, 1.807) is 12.3 Å². The Labute approximate surface area is 154 Å². The van der Waals surface area contributed by atoms with Crippen molar-refractivity contribution in [3.63, 3.8) is 0 Å². The lowest BCUT2D eigenvalue weighted by atomic mass is 10.2. The first kappa shape index (κ1) is 18.4. The molecular weight excluding hydrogens is 328 g/mol. The van der Waals surface area contributed by atoms with Crippen LogP contribution in [0.1, 0.15) is 28.6 Å². The molecule has 2 aromatic rings. The number of nitrogens with zero attached hydrogens (tertiary/aromatic N) is 2. The molecule has 0 unspecified atom stereocenters. The van der Waals surface area contributed by atoms with Crippen LogP contribution < -0.4 is 0 Å². The average Bonchev–Trinajstić information content (AvgIpc) is 3.12. The summed E-state index contributed by atoms with van der Waals surface area (Å²) in [5, 5.41) is 0. The molecule has 0 atom stereocenters. The number of piperazine rings is 1. The van der Waals surface area contributed by atoms with E-state index >= 15 is 0 Å². The van der Waals surface area contributed by atoms with Gasteiger partial charge in [-0.15, -0.1) is 0 Å². The van der Waals surface area contributed by atoms with E-state index in [2.05, 4.69) is 46.2 Å². The van der Waals surface area contributed by atoms with E-state index in [4.69, 9.17) is 9.15 Å². The van der Waals surface area contributed by atoms with Gasteiger partial charge in [0, 0.05) is 32.7 Å². The van der Waals surface area contributed by atoms with Crippen LogP contribution in [0, 0.1) is 0 Å². The normalized spacial score (nSPS) is 16.2. The van der Waals surface area contributed by atoms with Crippen molar-refractivity contribution in [3.05, 3.63) is 65.6 Å². The van der Waals surface area contributed by atoms with E-state index < -0.39 is 0 Å². The van der Waals surface area contributed by atoms with E-state index in [9.17, 15) is 4.79 Å². The van der Waals surface area contributed by atoms with Crippen molar-refractivity contribution < 1.29 is 13.9 Å². The largest absolute Gasteiger partial charge is 0.467 e. The van der Waals surface area contributed by atoms with Gasteiger partial charge < -0.3 is 9.15 Å². The van der Waals surface area contributed by atoms with Gasteiger partial charge in [0.25, 0.3) is 0 Å². The lowest BCUT2D eigenvalue weighted by Crippen LogP contribution is -2.45. The van der Waals surface area contributed by atoms with Crippen LogP contribution in [0.3, 0.4) is 0 Å². The molecular formula is C21H26N2O3. The third kappa shape index (κ3) is 5.07. The minimum absolute atomic E-state index is 0.305. The smallest absolute Gasteiger partial charge is 0.341 e. The Kier molecular flexibility index (Phi) is 6.63. The lowest BCUT2D eigenvalue weighted by Gasteiger charge is -2.33. The van der Waals surface area contributed by atoms with Crippen molar-refractivity contribution in [2.45, 2.75) is 13.5 Å². The molecule has 0 aliphatic carbocycles. The Morgan fingerprint density at radius 3 is 2.58 bits per heavy atom. The maximum Gasteiger partial charge on any atom is 0.341 e. The minimum Gasteiger partial charge on any atom is -0.467 e. The molecule has 26 heavy (non-hydrogen) atoms. The molecule has 3 rings (SSSR count). The van der Waals surface area contributed by atoms with Crippen LogP contribution >= 0.6 is 0 Å². The van der Waals surface area contributed by atoms with E-state index in [0.29, 0.717) is 24.5 Å². The molecule has 5 nitrogen and oxygen atoms in total. The summed E-state index contributed by atoms with van der Waals surface area (Å²) < 4.78 is 10.6. The van der Waals surface area contributed by atoms with Gasteiger partial charge in [-0.3, -0.25) is 9.80 Å². The first-order valence-electron chi connectivity index (χ1n) is 9.16. The quantitative estimate of drug-likeness (QED) is 0.714. The summed E-state index contributed by atoms with van der Waals surface area (Å²) in [5.41, 5.74) is 1.77. The third-order valence-electron chi connectivity index (χ3n) is 4.55. The molecule has 1 saturated heterocycles. The highest BCUT2D eigenvalue weighted by Gasteiger charge is 2.21. The highest BCUT2D eigenvalue weighted by molar-refractivity contribution is 5.90. The Hall–Kier alpha value is -2.37. The molecule has 5 heteroatoms. The van der Waals surface area contributed by atoms with Gasteiger partial charge in [0.1, 0.15) is 11.3 Å². The second-order valence-corrected chi connectivity index (χ2v) is 6.37. The predicted octanol–water partition coefficient (Wildman–Crippen LogP) is 3.29. The average molecular weight is 354 g/mol. The number of ether oxygens (including phenoxy) is 1.